The van der Waals surface area contributed by atoms with Crippen LogP contribution in [-0.4, -0.2) is 29.9 Å². The van der Waals surface area contributed by atoms with E-state index in [-0.39, 0.29) is 31.1 Å². The Balaban J connectivity index is 1.40. The maximum Gasteiger partial charge on any atom is 0.261 e. The van der Waals surface area contributed by atoms with E-state index in [0.717, 1.165) is 22.3 Å². The van der Waals surface area contributed by atoms with E-state index in [4.69, 9.17) is 16.3 Å². The van der Waals surface area contributed by atoms with Crippen LogP contribution in [0, 0.1) is 0 Å². The fourth-order valence-electron chi connectivity index (χ4n) is 4.06. The number of amides is 2. The number of ether oxygens (including phenoxy) is 1. The molecule has 3 aromatic rings. The van der Waals surface area contributed by atoms with E-state index in [2.05, 4.69) is 12.2 Å². The molecule has 2 aliphatic rings. The third-order valence-electron chi connectivity index (χ3n) is 5.53. The number of hydrogen-bond acceptors (Lipinski definition) is 3. The number of imide groups is 1. The monoisotopic (exact) mass is 415 g/mol. The molecule has 2 amide bonds. The summed E-state index contributed by atoms with van der Waals surface area (Å²) in [6.45, 7) is 0.408. The van der Waals surface area contributed by atoms with Crippen LogP contribution in [0.2, 0.25) is 5.02 Å². The van der Waals surface area contributed by atoms with Gasteiger partial charge in [-0.25, -0.2) is 0 Å². The van der Waals surface area contributed by atoms with Gasteiger partial charge in [-0.05, 0) is 46.5 Å². The van der Waals surface area contributed by atoms with Gasteiger partial charge in [-0.3, -0.25) is 14.5 Å². The van der Waals surface area contributed by atoms with Crippen LogP contribution >= 0.6 is 11.6 Å². The van der Waals surface area contributed by atoms with Crippen LogP contribution in [0.15, 0.2) is 66.7 Å². The van der Waals surface area contributed by atoms with E-state index < -0.39 is 0 Å². The van der Waals surface area contributed by atoms with E-state index >= 15 is 0 Å². The Morgan fingerprint density at radius 2 is 1.43 bits per heavy atom. The van der Waals surface area contributed by atoms with Gasteiger partial charge < -0.3 is 4.74 Å². The third kappa shape index (κ3) is 3.15. The Hall–Kier alpha value is -3.21. The van der Waals surface area contributed by atoms with Crippen molar-refractivity contribution in [1.82, 2.24) is 4.90 Å². The van der Waals surface area contributed by atoms with E-state index in [0.29, 0.717) is 16.1 Å². The summed E-state index contributed by atoms with van der Waals surface area (Å²) in [4.78, 5) is 26.5. The fraction of sp³-hybridized carbons (Fsp3) is 0.120. The van der Waals surface area contributed by atoms with Gasteiger partial charge in [0, 0.05) is 5.02 Å². The van der Waals surface area contributed by atoms with E-state index in [1.54, 1.807) is 24.3 Å². The molecule has 0 N–H and O–H groups in total. The Morgan fingerprint density at radius 3 is 2.17 bits per heavy atom. The predicted molar refractivity (Wildman–Crippen MR) is 116 cm³/mol. The molecule has 1 atom stereocenters. The lowest BCUT2D eigenvalue weighted by atomic mass is 9.96. The molecule has 0 saturated heterocycles. The zero-order chi connectivity index (χ0) is 20.7. The van der Waals surface area contributed by atoms with Gasteiger partial charge >= 0.3 is 0 Å². The third-order valence-corrected chi connectivity index (χ3v) is 5.76. The minimum atomic E-state index is -0.347. The summed E-state index contributed by atoms with van der Waals surface area (Å²) in [5.74, 6) is -0.545. The van der Waals surface area contributed by atoms with Crippen molar-refractivity contribution in [2.24, 2.45) is 0 Å². The van der Waals surface area contributed by atoms with Gasteiger partial charge in [0.1, 0.15) is 6.10 Å². The first-order valence-corrected chi connectivity index (χ1v) is 10.1. The molecule has 0 unspecified atom stereocenters. The van der Waals surface area contributed by atoms with Crippen molar-refractivity contribution < 1.29 is 14.3 Å². The number of halogens is 1. The van der Waals surface area contributed by atoms with Crippen molar-refractivity contribution >= 4 is 35.6 Å². The summed E-state index contributed by atoms with van der Waals surface area (Å²) >= 11 is 6.27. The average molecular weight is 416 g/mol. The van der Waals surface area contributed by atoms with Crippen LogP contribution in [0.4, 0.5) is 0 Å². The molecule has 0 radical (unpaired) electrons. The Bertz CT molecular complexity index is 1170. The number of rotatable bonds is 4. The van der Waals surface area contributed by atoms with Crippen LogP contribution in [-0.2, 0) is 4.74 Å². The molecule has 5 rings (SSSR count). The number of carbonyl (C=O) groups is 2. The number of nitrogens with zero attached hydrogens (tertiary/aromatic N) is 1. The van der Waals surface area contributed by atoms with Crippen LogP contribution in [0.3, 0.4) is 0 Å². The van der Waals surface area contributed by atoms with Gasteiger partial charge in [-0.2, -0.15) is 0 Å². The summed E-state index contributed by atoms with van der Waals surface area (Å²) in [6.07, 6.45) is 3.77. The van der Waals surface area contributed by atoms with Crippen LogP contribution < -0.4 is 0 Å². The van der Waals surface area contributed by atoms with Gasteiger partial charge in [0.2, 0.25) is 0 Å². The molecule has 1 heterocycles. The molecule has 0 bridgehead atoms. The van der Waals surface area contributed by atoms with Gasteiger partial charge in [-0.1, -0.05) is 66.2 Å². The fourth-order valence-corrected chi connectivity index (χ4v) is 4.24. The minimum Gasteiger partial charge on any atom is -0.367 e. The zero-order valence-corrected chi connectivity index (χ0v) is 16.8. The van der Waals surface area contributed by atoms with Crippen molar-refractivity contribution in [1.29, 1.82) is 0 Å². The first-order valence-electron chi connectivity index (χ1n) is 9.77. The van der Waals surface area contributed by atoms with Crippen LogP contribution in [0.5, 0.6) is 0 Å². The SMILES string of the molecule is O=C1c2ccccc2C(=O)N1CCO[C@@H]1c2ccccc2C=Cc2ccc(Cl)cc21. The van der Waals surface area contributed by atoms with Crippen molar-refractivity contribution in [3.8, 4) is 0 Å². The van der Waals surface area contributed by atoms with Crippen molar-refractivity contribution in [2.75, 3.05) is 13.2 Å². The topological polar surface area (TPSA) is 46.6 Å². The van der Waals surface area contributed by atoms with E-state index in [1.165, 1.54) is 4.90 Å². The van der Waals surface area contributed by atoms with Gasteiger partial charge in [0.25, 0.3) is 11.8 Å². The van der Waals surface area contributed by atoms with Gasteiger partial charge in [-0.15, -0.1) is 0 Å². The van der Waals surface area contributed by atoms with Gasteiger partial charge in [0.15, 0.2) is 0 Å². The Morgan fingerprint density at radius 1 is 0.800 bits per heavy atom. The molecule has 5 heteroatoms. The lowest BCUT2D eigenvalue weighted by Gasteiger charge is -2.23. The average Bonchev–Trinajstić information content (AvgIpc) is 2.91. The molecule has 0 aromatic heterocycles. The van der Waals surface area contributed by atoms with Crippen molar-refractivity contribution in [2.45, 2.75) is 6.10 Å². The molecule has 1 aliphatic heterocycles. The predicted octanol–water partition coefficient (Wildman–Crippen LogP) is 5.23. The second kappa shape index (κ2) is 7.56. The Kier molecular flexibility index (Phi) is 4.74. The largest absolute Gasteiger partial charge is 0.367 e. The van der Waals surface area contributed by atoms with Crippen molar-refractivity contribution in [3.05, 3.63) is 105 Å². The number of fused-ring (bicyclic) bond motifs is 3. The van der Waals surface area contributed by atoms with E-state index in [1.807, 2.05) is 42.5 Å². The molecular weight excluding hydrogens is 398 g/mol. The lowest BCUT2D eigenvalue weighted by molar-refractivity contribution is 0.0452. The molecule has 0 spiro atoms. The van der Waals surface area contributed by atoms with Crippen LogP contribution in [0.1, 0.15) is 49.1 Å². The summed E-state index contributed by atoms with van der Waals surface area (Å²) in [7, 11) is 0. The molecular formula is C25H18ClNO3. The first kappa shape index (κ1) is 18.8. The molecule has 1 aliphatic carbocycles. The zero-order valence-electron chi connectivity index (χ0n) is 16.0. The highest BCUT2D eigenvalue weighted by atomic mass is 35.5. The summed E-state index contributed by atoms with van der Waals surface area (Å²) in [5.41, 5.74) is 4.98. The summed E-state index contributed by atoms with van der Waals surface area (Å²) < 4.78 is 6.28. The summed E-state index contributed by atoms with van der Waals surface area (Å²) in [5, 5.41) is 0.635. The smallest absolute Gasteiger partial charge is 0.261 e. The van der Waals surface area contributed by atoms with Gasteiger partial charge in [0.05, 0.1) is 24.3 Å². The maximum atomic E-state index is 12.6. The second-order valence-corrected chi connectivity index (χ2v) is 7.73. The number of benzene rings is 3. The highest BCUT2D eigenvalue weighted by molar-refractivity contribution is 6.30. The molecule has 0 fully saturated rings. The highest BCUT2D eigenvalue weighted by Crippen LogP contribution is 2.36. The summed E-state index contributed by atoms with van der Waals surface area (Å²) in [6, 6.07) is 20.7. The normalized spacial score (nSPS) is 16.8. The Labute approximate surface area is 179 Å². The van der Waals surface area contributed by atoms with Crippen molar-refractivity contribution in [3.63, 3.8) is 0 Å². The molecule has 148 valence electrons. The molecule has 0 saturated carbocycles. The molecule has 4 nitrogen and oxygen atoms in total. The minimum absolute atomic E-state index is 0.189. The number of hydrogen-bond donors (Lipinski definition) is 0. The number of carbonyl (C=O) groups excluding carboxylic acids is 2. The maximum absolute atomic E-state index is 12.6. The quantitative estimate of drug-likeness (QED) is 0.548. The molecule has 30 heavy (non-hydrogen) atoms. The molecule has 3 aromatic carbocycles. The lowest BCUT2D eigenvalue weighted by Crippen LogP contribution is -2.33. The standard InChI is InChI=1S/C25H18ClNO3/c26-18-12-11-17-10-9-16-5-1-2-6-19(16)23(22(17)15-18)30-14-13-27-24(28)20-7-3-4-8-21(20)25(27)29/h1-12,15,23H,13-14H2/t23-/m1/s1. The highest BCUT2D eigenvalue weighted by Gasteiger charge is 2.35. The van der Waals surface area contributed by atoms with E-state index in [9.17, 15) is 9.59 Å². The first-order chi connectivity index (χ1) is 14.6. The van der Waals surface area contributed by atoms with Crippen LogP contribution in [0.25, 0.3) is 12.2 Å². The second-order valence-electron chi connectivity index (χ2n) is 7.29.